The van der Waals surface area contributed by atoms with E-state index in [1.165, 1.54) is 7.11 Å². The smallest absolute Gasteiger partial charge is 0.329 e. The first kappa shape index (κ1) is 14.9. The number of rotatable bonds is 4. The summed E-state index contributed by atoms with van der Waals surface area (Å²) >= 11 is 6.24. The van der Waals surface area contributed by atoms with Crippen LogP contribution >= 0.6 is 11.6 Å². The number of ether oxygens (including phenoxy) is 1. The topological polar surface area (TPSA) is 44.1 Å². The molecule has 0 aliphatic carbocycles. The lowest BCUT2D eigenvalue weighted by atomic mass is 10.0. The first-order valence-electron chi connectivity index (χ1n) is 6.66. The highest BCUT2D eigenvalue weighted by Crippen LogP contribution is 2.31. The van der Waals surface area contributed by atoms with Crippen molar-refractivity contribution in [2.75, 3.05) is 7.11 Å². The number of esters is 1. The number of halogens is 1. The van der Waals surface area contributed by atoms with Gasteiger partial charge in [-0.05, 0) is 25.0 Å². The number of hydrogen-bond acceptors (Lipinski definition) is 3. The van der Waals surface area contributed by atoms with Gasteiger partial charge in [-0.25, -0.2) is 9.78 Å². The van der Waals surface area contributed by atoms with Crippen molar-refractivity contribution in [3.05, 3.63) is 30.1 Å². The molecule has 0 amide bonds. The second-order valence-electron chi connectivity index (χ2n) is 5.16. The van der Waals surface area contributed by atoms with Crippen molar-refractivity contribution >= 4 is 28.6 Å². The Morgan fingerprint density at radius 2 is 1.95 bits per heavy atom. The molecular weight excluding hydrogens is 276 g/mol. The molecule has 108 valence electrons. The van der Waals surface area contributed by atoms with Crippen LogP contribution in [0.5, 0.6) is 0 Å². The summed E-state index contributed by atoms with van der Waals surface area (Å²) in [4.78, 5) is 16.7. The van der Waals surface area contributed by atoms with Gasteiger partial charge in [-0.1, -0.05) is 26.0 Å². The fraction of sp³-hybridized carbons (Fsp3) is 0.467. The van der Waals surface area contributed by atoms with E-state index in [-0.39, 0.29) is 17.3 Å². The molecule has 1 heterocycles. The molecule has 0 radical (unpaired) electrons. The molecule has 0 spiro atoms. The van der Waals surface area contributed by atoms with Gasteiger partial charge in [0.1, 0.15) is 11.9 Å². The number of aromatic nitrogens is 2. The number of fused-ring (bicyclic) bond motifs is 1. The first-order valence-corrected chi connectivity index (χ1v) is 7.09. The Hall–Kier alpha value is -1.55. The summed E-state index contributed by atoms with van der Waals surface area (Å²) in [6.07, 6.45) is 0. The lowest BCUT2D eigenvalue weighted by Crippen LogP contribution is -2.27. The highest BCUT2D eigenvalue weighted by Gasteiger charge is 2.30. The van der Waals surface area contributed by atoms with Crippen LogP contribution in [0.1, 0.15) is 38.0 Å². The van der Waals surface area contributed by atoms with E-state index >= 15 is 0 Å². The number of methoxy groups -OCH3 is 1. The molecule has 0 aliphatic heterocycles. The van der Waals surface area contributed by atoms with Crippen LogP contribution in [-0.4, -0.2) is 22.6 Å². The third-order valence-electron chi connectivity index (χ3n) is 3.33. The Morgan fingerprint density at radius 1 is 1.30 bits per heavy atom. The van der Waals surface area contributed by atoms with Gasteiger partial charge in [0, 0.05) is 0 Å². The van der Waals surface area contributed by atoms with Gasteiger partial charge in [0.25, 0.3) is 0 Å². The number of nitrogens with zero attached hydrogens (tertiary/aromatic N) is 2. The number of carbonyl (C=O) groups excluding carboxylic acids is 1. The molecule has 0 bridgehead atoms. The maximum Gasteiger partial charge on any atom is 0.329 e. The van der Waals surface area contributed by atoms with E-state index in [0.29, 0.717) is 5.82 Å². The van der Waals surface area contributed by atoms with Gasteiger partial charge in [-0.3, -0.25) is 0 Å². The van der Waals surface area contributed by atoms with Crippen LogP contribution in [-0.2, 0) is 9.53 Å². The summed E-state index contributed by atoms with van der Waals surface area (Å²) < 4.78 is 6.86. The molecule has 2 unspecified atom stereocenters. The Bertz CT molecular complexity index is 619. The van der Waals surface area contributed by atoms with E-state index < -0.39 is 6.04 Å². The number of carbonyl (C=O) groups is 1. The van der Waals surface area contributed by atoms with Gasteiger partial charge in [-0.15, -0.1) is 11.6 Å². The second-order valence-corrected chi connectivity index (χ2v) is 5.81. The van der Waals surface area contributed by atoms with Gasteiger partial charge in [0.2, 0.25) is 0 Å². The fourth-order valence-electron chi connectivity index (χ4n) is 2.43. The SMILES string of the molecule is COC(=O)C(C(C)C)n1c(C(C)Cl)nc2ccccc21. The first-order chi connectivity index (χ1) is 9.47. The van der Waals surface area contributed by atoms with E-state index in [9.17, 15) is 4.79 Å². The summed E-state index contributed by atoms with van der Waals surface area (Å²) in [5, 5.41) is -0.284. The molecule has 0 aliphatic rings. The molecule has 1 aromatic carbocycles. The third kappa shape index (κ3) is 2.52. The minimum absolute atomic E-state index is 0.0780. The summed E-state index contributed by atoms with van der Waals surface area (Å²) in [6.45, 7) is 5.83. The maximum atomic E-state index is 12.2. The van der Waals surface area contributed by atoms with Crippen LogP contribution in [0.15, 0.2) is 24.3 Å². The van der Waals surface area contributed by atoms with E-state index in [2.05, 4.69) is 4.98 Å². The lowest BCUT2D eigenvalue weighted by molar-refractivity contribution is -0.146. The summed E-state index contributed by atoms with van der Waals surface area (Å²) in [5.41, 5.74) is 1.74. The van der Waals surface area contributed by atoms with Crippen LogP contribution in [0.4, 0.5) is 0 Å². The van der Waals surface area contributed by atoms with E-state index in [4.69, 9.17) is 16.3 Å². The van der Waals surface area contributed by atoms with Crippen molar-refractivity contribution in [1.82, 2.24) is 9.55 Å². The minimum Gasteiger partial charge on any atom is -0.467 e. The Balaban J connectivity index is 2.71. The molecule has 0 fully saturated rings. The highest BCUT2D eigenvalue weighted by molar-refractivity contribution is 6.20. The molecule has 1 aromatic heterocycles. The van der Waals surface area contributed by atoms with Gasteiger partial charge in [0.05, 0.1) is 23.5 Å². The minimum atomic E-state index is -0.427. The Labute approximate surface area is 123 Å². The van der Waals surface area contributed by atoms with Crippen molar-refractivity contribution in [3.63, 3.8) is 0 Å². The van der Waals surface area contributed by atoms with Gasteiger partial charge in [-0.2, -0.15) is 0 Å². The van der Waals surface area contributed by atoms with Crippen molar-refractivity contribution in [2.24, 2.45) is 5.92 Å². The van der Waals surface area contributed by atoms with Gasteiger partial charge >= 0.3 is 5.97 Å². The van der Waals surface area contributed by atoms with Crippen molar-refractivity contribution in [2.45, 2.75) is 32.2 Å². The molecule has 2 rings (SSSR count). The zero-order valence-electron chi connectivity index (χ0n) is 12.1. The number of para-hydroxylation sites is 2. The molecule has 0 saturated heterocycles. The zero-order chi connectivity index (χ0) is 14.9. The van der Waals surface area contributed by atoms with Crippen LogP contribution in [0.2, 0.25) is 0 Å². The van der Waals surface area contributed by atoms with Gasteiger partial charge < -0.3 is 9.30 Å². The molecule has 5 heteroatoms. The Kier molecular flexibility index (Phi) is 4.33. The predicted octanol–water partition coefficient (Wildman–Crippen LogP) is 3.71. The molecule has 20 heavy (non-hydrogen) atoms. The average molecular weight is 295 g/mol. The number of imidazole rings is 1. The largest absolute Gasteiger partial charge is 0.467 e. The van der Waals surface area contributed by atoms with Crippen molar-refractivity contribution in [1.29, 1.82) is 0 Å². The predicted molar refractivity (Wildman–Crippen MR) is 79.9 cm³/mol. The maximum absolute atomic E-state index is 12.2. The van der Waals surface area contributed by atoms with E-state index in [1.54, 1.807) is 0 Å². The molecule has 2 aromatic rings. The standard InChI is InChI=1S/C15H19ClN2O2/c1-9(2)13(15(19)20-4)18-12-8-6-5-7-11(12)17-14(18)10(3)16/h5-10,13H,1-4H3. The van der Waals surface area contributed by atoms with Crippen molar-refractivity contribution < 1.29 is 9.53 Å². The summed E-state index contributed by atoms with van der Waals surface area (Å²) in [7, 11) is 1.40. The lowest BCUT2D eigenvalue weighted by Gasteiger charge is -2.23. The summed E-state index contributed by atoms with van der Waals surface area (Å²) in [6, 6.07) is 7.29. The molecule has 4 nitrogen and oxygen atoms in total. The average Bonchev–Trinajstić information content (AvgIpc) is 2.78. The summed E-state index contributed by atoms with van der Waals surface area (Å²) in [5.74, 6) is 0.493. The van der Waals surface area contributed by atoms with E-state index in [1.807, 2.05) is 49.6 Å². The monoisotopic (exact) mass is 294 g/mol. The molecular formula is C15H19ClN2O2. The second kappa shape index (κ2) is 5.83. The van der Waals surface area contributed by atoms with E-state index in [0.717, 1.165) is 11.0 Å². The molecule has 0 saturated carbocycles. The van der Waals surface area contributed by atoms with Crippen LogP contribution in [0, 0.1) is 5.92 Å². The third-order valence-corrected chi connectivity index (χ3v) is 3.53. The number of hydrogen-bond donors (Lipinski definition) is 0. The Morgan fingerprint density at radius 3 is 2.50 bits per heavy atom. The van der Waals surface area contributed by atoms with Gasteiger partial charge in [0.15, 0.2) is 0 Å². The quantitative estimate of drug-likeness (QED) is 0.638. The van der Waals surface area contributed by atoms with Crippen LogP contribution < -0.4 is 0 Å². The fourth-order valence-corrected chi connectivity index (χ4v) is 2.59. The van der Waals surface area contributed by atoms with Crippen LogP contribution in [0.3, 0.4) is 0 Å². The highest BCUT2D eigenvalue weighted by atomic mass is 35.5. The molecule has 0 N–H and O–H groups in total. The number of benzene rings is 1. The molecule has 2 atom stereocenters. The van der Waals surface area contributed by atoms with Crippen LogP contribution in [0.25, 0.3) is 11.0 Å². The zero-order valence-corrected chi connectivity index (χ0v) is 12.9. The van der Waals surface area contributed by atoms with Crippen molar-refractivity contribution in [3.8, 4) is 0 Å². The number of alkyl halides is 1. The normalized spacial score (nSPS) is 14.5.